The zero-order valence-corrected chi connectivity index (χ0v) is 15.1. The molecule has 1 aromatic rings. The number of hydrogen-bond acceptors (Lipinski definition) is 3. The lowest BCUT2D eigenvalue weighted by Crippen LogP contribution is -2.38. The number of halogens is 4. The monoisotopic (exact) mass is 449 g/mol. The summed E-state index contributed by atoms with van der Waals surface area (Å²) >= 11 is 5.86. The molecule has 0 spiro atoms. The van der Waals surface area contributed by atoms with Crippen molar-refractivity contribution in [2.75, 3.05) is 19.7 Å². The van der Waals surface area contributed by atoms with Gasteiger partial charge >= 0.3 is 6.61 Å². The number of rotatable bonds is 7. The second-order valence-corrected chi connectivity index (χ2v) is 4.41. The molecule has 1 aromatic carbocycles. The Morgan fingerprint density at radius 3 is 2.73 bits per heavy atom. The van der Waals surface area contributed by atoms with Crippen molar-refractivity contribution < 1.29 is 18.6 Å². The van der Waals surface area contributed by atoms with Gasteiger partial charge in [-0.25, -0.2) is 4.99 Å². The molecule has 0 saturated heterocycles. The summed E-state index contributed by atoms with van der Waals surface area (Å²) in [4.78, 5) is 4.23. The molecule has 0 aliphatic carbocycles. The van der Waals surface area contributed by atoms with E-state index in [-0.39, 0.29) is 42.9 Å². The molecule has 0 aliphatic rings. The van der Waals surface area contributed by atoms with E-state index in [1.54, 1.807) is 0 Å². The summed E-state index contributed by atoms with van der Waals surface area (Å²) in [6, 6.07) is 4.38. The number of guanidine groups is 1. The molecule has 0 unspecified atom stereocenters. The second-order valence-electron chi connectivity index (χ2n) is 3.98. The van der Waals surface area contributed by atoms with Gasteiger partial charge in [-0.3, -0.25) is 0 Å². The van der Waals surface area contributed by atoms with Gasteiger partial charge in [0.2, 0.25) is 0 Å². The molecule has 0 fully saturated rings. The summed E-state index contributed by atoms with van der Waals surface area (Å²) in [5.74, 6) is 0.505. The molecule has 0 heterocycles. The van der Waals surface area contributed by atoms with E-state index in [4.69, 9.17) is 16.7 Å². The van der Waals surface area contributed by atoms with Crippen molar-refractivity contribution in [2.24, 2.45) is 4.99 Å². The van der Waals surface area contributed by atoms with Gasteiger partial charge in [0.15, 0.2) is 5.96 Å². The molecule has 126 valence electrons. The second kappa shape index (κ2) is 11.7. The Kier molecular flexibility index (Phi) is 11.2. The summed E-state index contributed by atoms with van der Waals surface area (Å²) in [5.41, 5.74) is 0.448. The molecule has 9 heteroatoms. The molecule has 0 radical (unpaired) electrons. The Bertz CT molecular complexity index is 479. The zero-order valence-electron chi connectivity index (χ0n) is 12.0. The third-order valence-corrected chi connectivity index (χ3v) is 2.63. The molecule has 0 aromatic heterocycles. The Hall–Kier alpha value is -0.870. The van der Waals surface area contributed by atoms with Crippen LogP contribution >= 0.6 is 35.6 Å². The summed E-state index contributed by atoms with van der Waals surface area (Å²) in [5, 5.41) is 15.0. The van der Waals surface area contributed by atoms with Gasteiger partial charge < -0.3 is 20.5 Å². The van der Waals surface area contributed by atoms with Crippen molar-refractivity contribution in [2.45, 2.75) is 20.1 Å². The highest BCUT2D eigenvalue weighted by Crippen LogP contribution is 2.25. The highest BCUT2D eigenvalue weighted by Gasteiger charge is 2.10. The van der Waals surface area contributed by atoms with E-state index in [2.05, 4.69) is 20.4 Å². The fourth-order valence-electron chi connectivity index (χ4n) is 1.56. The molecule has 0 bridgehead atoms. The van der Waals surface area contributed by atoms with Gasteiger partial charge in [0.25, 0.3) is 0 Å². The quantitative estimate of drug-likeness (QED) is 0.340. The van der Waals surface area contributed by atoms with Crippen molar-refractivity contribution in [1.82, 2.24) is 10.6 Å². The Balaban J connectivity index is 0.00000441. The van der Waals surface area contributed by atoms with Crippen LogP contribution in [-0.2, 0) is 6.54 Å². The van der Waals surface area contributed by atoms with Crippen molar-refractivity contribution in [1.29, 1.82) is 0 Å². The van der Waals surface area contributed by atoms with Crippen LogP contribution in [0.25, 0.3) is 0 Å². The number of aliphatic hydroxyl groups excluding tert-OH is 1. The Labute approximate surface area is 150 Å². The number of ether oxygens (including phenoxy) is 1. The predicted molar refractivity (Wildman–Crippen MR) is 93.4 cm³/mol. The first-order valence-electron chi connectivity index (χ1n) is 6.43. The molecular formula is C13H19ClF2IN3O2. The molecule has 5 nitrogen and oxygen atoms in total. The number of nitrogens with one attached hydrogen (secondary N) is 2. The minimum atomic E-state index is -2.91. The number of hydrogen-bond donors (Lipinski definition) is 3. The van der Waals surface area contributed by atoms with E-state index in [0.29, 0.717) is 29.6 Å². The summed E-state index contributed by atoms with van der Waals surface area (Å²) in [6.07, 6.45) is 0. The lowest BCUT2D eigenvalue weighted by atomic mass is 10.2. The van der Waals surface area contributed by atoms with Gasteiger partial charge in [0.1, 0.15) is 5.75 Å². The van der Waals surface area contributed by atoms with Crippen LogP contribution < -0.4 is 15.4 Å². The first kappa shape index (κ1) is 21.1. The van der Waals surface area contributed by atoms with Gasteiger partial charge in [-0.15, -0.1) is 24.0 Å². The maximum absolute atomic E-state index is 12.3. The van der Waals surface area contributed by atoms with E-state index >= 15 is 0 Å². The van der Waals surface area contributed by atoms with Crippen LogP contribution in [0.3, 0.4) is 0 Å². The molecule has 22 heavy (non-hydrogen) atoms. The summed E-state index contributed by atoms with van der Waals surface area (Å²) in [7, 11) is 0. The number of benzene rings is 1. The Morgan fingerprint density at radius 2 is 2.14 bits per heavy atom. The van der Waals surface area contributed by atoms with E-state index < -0.39 is 6.61 Å². The molecule has 3 N–H and O–H groups in total. The number of aliphatic imine (C=N–C) groups is 1. The van der Waals surface area contributed by atoms with Gasteiger partial charge in [0, 0.05) is 23.7 Å². The van der Waals surface area contributed by atoms with Gasteiger partial charge in [-0.2, -0.15) is 8.78 Å². The van der Waals surface area contributed by atoms with Crippen molar-refractivity contribution in [3.63, 3.8) is 0 Å². The standard InChI is InChI=1S/C13H18ClF2N3O2.HI/c1-2-17-13(18-5-6-20)19-8-9-7-10(14)3-4-11(9)21-12(15)16;/h3-4,7,12,20H,2,5-6,8H2,1H3,(H2,17,18,19);1H. The molecule has 0 atom stereocenters. The van der Waals surface area contributed by atoms with Crippen LogP contribution in [0.4, 0.5) is 8.78 Å². The molecule has 0 saturated carbocycles. The highest BCUT2D eigenvalue weighted by atomic mass is 127. The van der Waals surface area contributed by atoms with Crippen LogP contribution in [0, 0.1) is 0 Å². The summed E-state index contributed by atoms with van der Waals surface area (Å²) < 4.78 is 29.1. The van der Waals surface area contributed by atoms with E-state index in [0.717, 1.165) is 0 Å². The lowest BCUT2D eigenvalue weighted by molar-refractivity contribution is -0.0504. The third kappa shape index (κ3) is 7.95. The van der Waals surface area contributed by atoms with E-state index in [9.17, 15) is 8.78 Å². The summed E-state index contributed by atoms with van der Waals surface area (Å²) in [6.45, 7) is 0.0234. The molecule has 0 amide bonds. The fraction of sp³-hybridized carbons (Fsp3) is 0.462. The normalized spacial score (nSPS) is 11.1. The minimum Gasteiger partial charge on any atom is -0.434 e. The van der Waals surface area contributed by atoms with Crippen molar-refractivity contribution >= 4 is 41.5 Å². The van der Waals surface area contributed by atoms with E-state index in [1.807, 2.05) is 6.92 Å². The maximum atomic E-state index is 12.3. The zero-order chi connectivity index (χ0) is 15.7. The fourth-order valence-corrected chi connectivity index (χ4v) is 1.76. The highest BCUT2D eigenvalue weighted by molar-refractivity contribution is 14.0. The van der Waals surface area contributed by atoms with Crippen LogP contribution in [0.1, 0.15) is 12.5 Å². The Morgan fingerprint density at radius 1 is 1.41 bits per heavy atom. The maximum Gasteiger partial charge on any atom is 0.387 e. The average Bonchev–Trinajstić information content (AvgIpc) is 2.44. The van der Waals surface area contributed by atoms with Crippen molar-refractivity contribution in [3.8, 4) is 5.75 Å². The predicted octanol–water partition coefficient (Wildman–Crippen LogP) is 2.61. The first-order chi connectivity index (χ1) is 10.1. The van der Waals surface area contributed by atoms with Gasteiger partial charge in [-0.05, 0) is 25.1 Å². The third-order valence-electron chi connectivity index (χ3n) is 2.39. The van der Waals surface area contributed by atoms with Gasteiger partial charge in [-0.1, -0.05) is 11.6 Å². The van der Waals surface area contributed by atoms with Crippen LogP contribution in [-0.4, -0.2) is 37.4 Å². The molecular weight excluding hydrogens is 431 g/mol. The molecule has 1 rings (SSSR count). The van der Waals surface area contributed by atoms with Gasteiger partial charge in [0.05, 0.1) is 13.2 Å². The lowest BCUT2D eigenvalue weighted by Gasteiger charge is -2.12. The number of aliphatic hydroxyl groups is 1. The van der Waals surface area contributed by atoms with Crippen LogP contribution in [0.15, 0.2) is 23.2 Å². The number of alkyl halides is 2. The smallest absolute Gasteiger partial charge is 0.387 e. The van der Waals surface area contributed by atoms with E-state index in [1.165, 1.54) is 18.2 Å². The topological polar surface area (TPSA) is 65.9 Å². The van der Waals surface area contributed by atoms with Crippen LogP contribution in [0.5, 0.6) is 5.75 Å². The SMILES string of the molecule is CCNC(=NCc1cc(Cl)ccc1OC(F)F)NCCO.I. The number of nitrogens with zero attached hydrogens (tertiary/aromatic N) is 1. The van der Waals surface area contributed by atoms with Crippen LogP contribution in [0.2, 0.25) is 5.02 Å². The first-order valence-corrected chi connectivity index (χ1v) is 6.81. The largest absolute Gasteiger partial charge is 0.434 e. The average molecular weight is 450 g/mol. The minimum absolute atomic E-state index is 0. The van der Waals surface area contributed by atoms with Crippen molar-refractivity contribution in [3.05, 3.63) is 28.8 Å². The molecule has 0 aliphatic heterocycles.